The normalized spacial score (nSPS) is 33.2. The largest absolute Gasteiger partial charge is 0.479 e. The third-order valence-electron chi connectivity index (χ3n) is 3.33. The Bertz CT molecular complexity index is 332. The molecule has 0 radical (unpaired) electrons. The lowest BCUT2D eigenvalue weighted by Gasteiger charge is -2.25. The molecule has 0 saturated carbocycles. The molecule has 2 heterocycles. The van der Waals surface area contributed by atoms with E-state index in [1.54, 1.807) is 4.90 Å². The monoisotopic (exact) mass is 257 g/mol. The van der Waals surface area contributed by atoms with Crippen molar-refractivity contribution in [3.05, 3.63) is 0 Å². The van der Waals surface area contributed by atoms with Gasteiger partial charge in [-0.05, 0) is 26.2 Å². The molecule has 1 N–H and O–H groups in total. The van der Waals surface area contributed by atoms with Gasteiger partial charge in [0, 0.05) is 19.7 Å². The fourth-order valence-electron chi connectivity index (χ4n) is 2.40. The first-order valence-corrected chi connectivity index (χ1v) is 6.36. The number of nitrogens with zero attached hydrogens (tertiary/aromatic N) is 1. The van der Waals surface area contributed by atoms with Gasteiger partial charge in [-0.3, -0.25) is 4.79 Å². The molecule has 2 fully saturated rings. The van der Waals surface area contributed by atoms with E-state index >= 15 is 0 Å². The van der Waals surface area contributed by atoms with E-state index in [0.717, 1.165) is 6.42 Å². The highest BCUT2D eigenvalue weighted by atomic mass is 16.5. The Morgan fingerprint density at radius 3 is 2.67 bits per heavy atom. The fraction of sp³-hybridized carbons (Fsp3) is 0.833. The number of hydrogen-bond donors (Lipinski definition) is 1. The molecule has 2 saturated heterocycles. The first kappa shape index (κ1) is 13.3. The van der Waals surface area contributed by atoms with Gasteiger partial charge in [0.1, 0.15) is 6.10 Å². The van der Waals surface area contributed by atoms with Crippen LogP contribution in [0.15, 0.2) is 0 Å². The van der Waals surface area contributed by atoms with Crippen LogP contribution in [0.2, 0.25) is 0 Å². The molecule has 0 aromatic carbocycles. The van der Waals surface area contributed by atoms with E-state index in [9.17, 15) is 9.59 Å². The molecular formula is C12H19NO5. The summed E-state index contributed by atoms with van der Waals surface area (Å²) in [5, 5.41) is 8.84. The third kappa shape index (κ3) is 3.00. The number of carboxylic acids is 1. The average molecular weight is 257 g/mol. The molecule has 0 bridgehead atoms. The van der Waals surface area contributed by atoms with Crippen LogP contribution in [0.25, 0.3) is 0 Å². The molecule has 1 amide bonds. The van der Waals surface area contributed by atoms with Crippen LogP contribution in [-0.2, 0) is 19.1 Å². The van der Waals surface area contributed by atoms with Crippen molar-refractivity contribution in [2.75, 3.05) is 19.7 Å². The molecule has 0 spiro atoms. The van der Waals surface area contributed by atoms with Crippen molar-refractivity contribution < 1.29 is 24.2 Å². The summed E-state index contributed by atoms with van der Waals surface area (Å²) in [6.45, 7) is 3.80. The highest BCUT2D eigenvalue weighted by molar-refractivity contribution is 5.82. The second kappa shape index (κ2) is 5.67. The van der Waals surface area contributed by atoms with Gasteiger partial charge in [-0.15, -0.1) is 0 Å². The standard InChI is InChI=1S/C12H19NO5/c1-8-7-13(5-2-6-17-8)11(14)9-3-4-10(18-9)12(15)16/h8-10H,2-7H2,1H3,(H,15,16)/t8?,9-,10+/m0/s1. The molecule has 2 aliphatic rings. The van der Waals surface area contributed by atoms with Crippen LogP contribution in [0, 0.1) is 0 Å². The van der Waals surface area contributed by atoms with Crippen LogP contribution in [0.3, 0.4) is 0 Å². The Hall–Kier alpha value is -1.14. The number of ether oxygens (including phenoxy) is 2. The van der Waals surface area contributed by atoms with Gasteiger partial charge in [0.2, 0.25) is 0 Å². The van der Waals surface area contributed by atoms with Gasteiger partial charge in [-0.25, -0.2) is 4.79 Å². The summed E-state index contributed by atoms with van der Waals surface area (Å²) >= 11 is 0. The van der Waals surface area contributed by atoms with Crippen LogP contribution >= 0.6 is 0 Å². The lowest BCUT2D eigenvalue weighted by molar-refractivity contribution is -0.155. The number of carbonyl (C=O) groups excluding carboxylic acids is 1. The summed E-state index contributed by atoms with van der Waals surface area (Å²) in [6.07, 6.45) is 0.294. The van der Waals surface area contributed by atoms with E-state index < -0.39 is 18.2 Å². The minimum absolute atomic E-state index is 0.0214. The maximum atomic E-state index is 12.2. The minimum Gasteiger partial charge on any atom is -0.479 e. The van der Waals surface area contributed by atoms with Crippen molar-refractivity contribution in [3.63, 3.8) is 0 Å². The van der Waals surface area contributed by atoms with Crippen molar-refractivity contribution >= 4 is 11.9 Å². The van der Waals surface area contributed by atoms with Crippen molar-refractivity contribution in [1.82, 2.24) is 4.90 Å². The molecular weight excluding hydrogens is 238 g/mol. The van der Waals surface area contributed by atoms with Crippen LogP contribution in [0.4, 0.5) is 0 Å². The van der Waals surface area contributed by atoms with Crippen LogP contribution in [0.1, 0.15) is 26.2 Å². The second-order valence-corrected chi connectivity index (χ2v) is 4.85. The molecule has 1 unspecified atom stereocenters. The fourth-order valence-corrected chi connectivity index (χ4v) is 2.40. The Balaban J connectivity index is 1.92. The first-order valence-electron chi connectivity index (χ1n) is 6.36. The van der Waals surface area contributed by atoms with Gasteiger partial charge < -0.3 is 19.5 Å². The molecule has 18 heavy (non-hydrogen) atoms. The van der Waals surface area contributed by atoms with Crippen LogP contribution in [-0.4, -0.2) is 59.9 Å². The van der Waals surface area contributed by atoms with Crippen molar-refractivity contribution in [2.45, 2.75) is 44.5 Å². The maximum Gasteiger partial charge on any atom is 0.332 e. The van der Waals surface area contributed by atoms with Gasteiger partial charge >= 0.3 is 5.97 Å². The molecule has 2 rings (SSSR count). The van der Waals surface area contributed by atoms with Crippen LogP contribution < -0.4 is 0 Å². The molecule has 3 atom stereocenters. The quantitative estimate of drug-likeness (QED) is 0.767. The Kier molecular flexibility index (Phi) is 4.19. The SMILES string of the molecule is CC1CN(C(=O)[C@@H]2CC[C@H](C(=O)O)O2)CCCO1. The molecule has 0 aromatic rings. The number of carboxylic acid groups (broad SMARTS) is 1. The Morgan fingerprint density at radius 1 is 1.28 bits per heavy atom. The van der Waals surface area contributed by atoms with Crippen molar-refractivity contribution in [3.8, 4) is 0 Å². The summed E-state index contributed by atoms with van der Waals surface area (Å²) < 4.78 is 10.8. The number of aliphatic carboxylic acids is 1. The van der Waals surface area contributed by atoms with Crippen LogP contribution in [0.5, 0.6) is 0 Å². The van der Waals surface area contributed by atoms with E-state index in [4.69, 9.17) is 14.6 Å². The average Bonchev–Trinajstić information content (AvgIpc) is 2.72. The first-order chi connectivity index (χ1) is 8.58. The van der Waals surface area contributed by atoms with Gasteiger partial charge in [-0.1, -0.05) is 0 Å². The molecule has 0 aromatic heterocycles. The van der Waals surface area contributed by atoms with Gasteiger partial charge in [-0.2, -0.15) is 0 Å². The number of carbonyl (C=O) groups is 2. The van der Waals surface area contributed by atoms with Crippen molar-refractivity contribution in [2.24, 2.45) is 0 Å². The minimum atomic E-state index is -0.988. The summed E-state index contributed by atoms with van der Waals surface area (Å²) in [6, 6.07) is 0. The molecule has 102 valence electrons. The van der Waals surface area contributed by atoms with Gasteiger partial charge in [0.25, 0.3) is 5.91 Å². The third-order valence-corrected chi connectivity index (χ3v) is 3.33. The van der Waals surface area contributed by atoms with E-state index in [-0.39, 0.29) is 12.0 Å². The molecule has 6 nitrogen and oxygen atoms in total. The van der Waals surface area contributed by atoms with E-state index in [1.807, 2.05) is 6.92 Å². The summed E-state index contributed by atoms with van der Waals surface area (Å²) in [5.74, 6) is -1.09. The summed E-state index contributed by atoms with van der Waals surface area (Å²) in [7, 11) is 0. The van der Waals surface area contributed by atoms with Gasteiger partial charge in [0.15, 0.2) is 6.10 Å². The van der Waals surface area contributed by atoms with E-state index in [0.29, 0.717) is 32.5 Å². The summed E-state index contributed by atoms with van der Waals surface area (Å²) in [4.78, 5) is 24.7. The molecule has 0 aliphatic carbocycles. The Labute approximate surface area is 106 Å². The molecule has 2 aliphatic heterocycles. The predicted octanol–water partition coefficient (Wildman–Crippen LogP) is 0.256. The number of rotatable bonds is 2. The van der Waals surface area contributed by atoms with E-state index in [1.165, 1.54) is 0 Å². The maximum absolute atomic E-state index is 12.2. The Morgan fingerprint density at radius 2 is 2.00 bits per heavy atom. The summed E-state index contributed by atoms with van der Waals surface area (Å²) in [5.41, 5.74) is 0. The smallest absolute Gasteiger partial charge is 0.332 e. The highest BCUT2D eigenvalue weighted by Crippen LogP contribution is 2.22. The lowest BCUT2D eigenvalue weighted by atomic mass is 10.1. The van der Waals surface area contributed by atoms with Gasteiger partial charge in [0.05, 0.1) is 6.10 Å². The molecule has 6 heteroatoms. The zero-order valence-electron chi connectivity index (χ0n) is 10.5. The van der Waals surface area contributed by atoms with Crippen molar-refractivity contribution in [1.29, 1.82) is 0 Å². The number of amides is 1. The zero-order valence-corrected chi connectivity index (χ0v) is 10.5. The second-order valence-electron chi connectivity index (χ2n) is 4.85. The lowest BCUT2D eigenvalue weighted by Crippen LogP contribution is -2.42. The topological polar surface area (TPSA) is 76.1 Å². The predicted molar refractivity (Wildman–Crippen MR) is 62.1 cm³/mol. The highest BCUT2D eigenvalue weighted by Gasteiger charge is 2.37. The zero-order chi connectivity index (χ0) is 13.1. The number of hydrogen-bond acceptors (Lipinski definition) is 4. The van der Waals surface area contributed by atoms with E-state index in [2.05, 4.69) is 0 Å².